The lowest BCUT2D eigenvalue weighted by Crippen LogP contribution is -2.38. The molecule has 120 valence electrons. The van der Waals surface area contributed by atoms with Crippen LogP contribution in [0.1, 0.15) is 19.4 Å². The SMILES string of the molecule is CC(C)N1C(=O)COCc2ccc(-c3cc(F)cc(F)c3)cc21. The summed E-state index contributed by atoms with van der Waals surface area (Å²) < 4.78 is 32.3. The van der Waals surface area contributed by atoms with Gasteiger partial charge in [0, 0.05) is 17.7 Å². The number of ether oxygens (including phenoxy) is 1. The van der Waals surface area contributed by atoms with Crippen LogP contribution < -0.4 is 4.90 Å². The van der Waals surface area contributed by atoms with Crippen LogP contribution in [0.5, 0.6) is 0 Å². The average Bonchev–Trinajstić information content (AvgIpc) is 2.63. The Hall–Kier alpha value is -2.27. The van der Waals surface area contributed by atoms with E-state index in [9.17, 15) is 13.6 Å². The number of fused-ring (bicyclic) bond motifs is 1. The van der Waals surface area contributed by atoms with Crippen LogP contribution in [0, 0.1) is 11.6 Å². The van der Waals surface area contributed by atoms with Crippen molar-refractivity contribution in [3.05, 3.63) is 53.6 Å². The molecule has 0 aliphatic carbocycles. The van der Waals surface area contributed by atoms with Crippen molar-refractivity contribution in [2.45, 2.75) is 26.5 Å². The van der Waals surface area contributed by atoms with E-state index >= 15 is 0 Å². The van der Waals surface area contributed by atoms with Crippen LogP contribution in [0.2, 0.25) is 0 Å². The Bertz CT molecular complexity index is 738. The molecule has 23 heavy (non-hydrogen) atoms. The van der Waals surface area contributed by atoms with E-state index in [1.165, 1.54) is 12.1 Å². The summed E-state index contributed by atoms with van der Waals surface area (Å²) in [5.41, 5.74) is 2.70. The fourth-order valence-electron chi connectivity index (χ4n) is 2.83. The van der Waals surface area contributed by atoms with Crippen molar-refractivity contribution in [2.75, 3.05) is 11.5 Å². The average molecular weight is 317 g/mol. The second kappa shape index (κ2) is 6.08. The molecule has 0 saturated carbocycles. The Balaban J connectivity index is 2.13. The second-order valence-electron chi connectivity index (χ2n) is 5.85. The molecule has 0 radical (unpaired) electrons. The highest BCUT2D eigenvalue weighted by Crippen LogP contribution is 2.32. The van der Waals surface area contributed by atoms with Gasteiger partial charge in [-0.25, -0.2) is 8.78 Å². The maximum absolute atomic E-state index is 13.5. The highest BCUT2D eigenvalue weighted by atomic mass is 19.1. The van der Waals surface area contributed by atoms with E-state index in [4.69, 9.17) is 4.74 Å². The summed E-state index contributed by atoms with van der Waals surface area (Å²) >= 11 is 0. The van der Waals surface area contributed by atoms with E-state index in [1.54, 1.807) is 17.0 Å². The molecule has 1 heterocycles. The third kappa shape index (κ3) is 3.10. The number of rotatable bonds is 2. The zero-order valence-corrected chi connectivity index (χ0v) is 13.0. The van der Waals surface area contributed by atoms with Gasteiger partial charge in [0.2, 0.25) is 0 Å². The fourth-order valence-corrected chi connectivity index (χ4v) is 2.83. The van der Waals surface area contributed by atoms with Gasteiger partial charge < -0.3 is 9.64 Å². The molecule has 0 fully saturated rings. The summed E-state index contributed by atoms with van der Waals surface area (Å²) in [5.74, 6) is -1.38. The van der Waals surface area contributed by atoms with Crippen molar-refractivity contribution >= 4 is 11.6 Å². The summed E-state index contributed by atoms with van der Waals surface area (Å²) in [6.07, 6.45) is 0. The number of benzene rings is 2. The van der Waals surface area contributed by atoms with Crippen molar-refractivity contribution in [3.63, 3.8) is 0 Å². The number of halogens is 2. The molecule has 0 N–H and O–H groups in total. The monoisotopic (exact) mass is 317 g/mol. The minimum Gasteiger partial charge on any atom is -0.367 e. The molecule has 3 rings (SSSR count). The maximum atomic E-state index is 13.5. The van der Waals surface area contributed by atoms with Gasteiger partial charge in [0.15, 0.2) is 0 Å². The summed E-state index contributed by atoms with van der Waals surface area (Å²) in [7, 11) is 0. The first-order valence-corrected chi connectivity index (χ1v) is 7.45. The zero-order chi connectivity index (χ0) is 16.6. The predicted octanol–water partition coefficient (Wildman–Crippen LogP) is 3.90. The zero-order valence-electron chi connectivity index (χ0n) is 13.0. The third-order valence-corrected chi connectivity index (χ3v) is 3.81. The number of anilines is 1. The molecule has 5 heteroatoms. The second-order valence-corrected chi connectivity index (χ2v) is 5.85. The molecule has 0 saturated heterocycles. The summed E-state index contributed by atoms with van der Waals surface area (Å²) in [5, 5.41) is 0. The van der Waals surface area contributed by atoms with E-state index in [0.29, 0.717) is 17.7 Å². The van der Waals surface area contributed by atoms with E-state index in [2.05, 4.69) is 0 Å². The lowest BCUT2D eigenvalue weighted by atomic mass is 10.0. The first-order valence-electron chi connectivity index (χ1n) is 7.45. The van der Waals surface area contributed by atoms with Gasteiger partial charge in [-0.15, -0.1) is 0 Å². The Kier molecular flexibility index (Phi) is 4.13. The van der Waals surface area contributed by atoms with E-state index < -0.39 is 11.6 Å². The number of amides is 1. The van der Waals surface area contributed by atoms with Gasteiger partial charge in [-0.1, -0.05) is 12.1 Å². The van der Waals surface area contributed by atoms with E-state index in [-0.39, 0.29) is 18.6 Å². The first-order chi connectivity index (χ1) is 11.0. The summed E-state index contributed by atoms with van der Waals surface area (Å²) in [6.45, 7) is 4.20. The molecule has 2 aromatic carbocycles. The molecule has 0 aromatic heterocycles. The van der Waals surface area contributed by atoms with Gasteiger partial charge in [0.05, 0.1) is 12.3 Å². The number of carbonyl (C=O) groups excluding carboxylic acids is 1. The Labute approximate surface area is 133 Å². The fraction of sp³-hybridized carbons (Fsp3) is 0.278. The summed E-state index contributed by atoms with van der Waals surface area (Å²) in [6, 6.07) is 8.76. The molecule has 1 amide bonds. The maximum Gasteiger partial charge on any atom is 0.253 e. The molecule has 0 bridgehead atoms. The number of hydrogen-bond acceptors (Lipinski definition) is 2. The van der Waals surface area contributed by atoms with Crippen molar-refractivity contribution in [1.29, 1.82) is 0 Å². The van der Waals surface area contributed by atoms with Gasteiger partial charge >= 0.3 is 0 Å². The highest BCUT2D eigenvalue weighted by molar-refractivity contribution is 5.96. The Morgan fingerprint density at radius 2 is 1.70 bits per heavy atom. The standard InChI is InChI=1S/C18H17F2NO2/c1-11(2)21-17-7-12(14-5-15(19)8-16(20)6-14)3-4-13(17)9-23-10-18(21)22/h3-8,11H,9-10H2,1-2H3. The Morgan fingerprint density at radius 3 is 2.35 bits per heavy atom. The van der Waals surface area contributed by atoms with Crippen molar-refractivity contribution in [2.24, 2.45) is 0 Å². The molecule has 1 aliphatic rings. The van der Waals surface area contributed by atoms with Gasteiger partial charge in [0.1, 0.15) is 18.2 Å². The van der Waals surface area contributed by atoms with Crippen LogP contribution in [-0.4, -0.2) is 18.6 Å². The Morgan fingerprint density at radius 1 is 1.00 bits per heavy atom. The van der Waals surface area contributed by atoms with Crippen LogP contribution >= 0.6 is 0 Å². The molecule has 2 aromatic rings. The molecule has 1 aliphatic heterocycles. The molecular formula is C18H17F2NO2. The quantitative estimate of drug-likeness (QED) is 0.840. The summed E-state index contributed by atoms with van der Waals surface area (Å²) in [4.78, 5) is 13.9. The third-order valence-electron chi connectivity index (χ3n) is 3.81. The van der Waals surface area contributed by atoms with Gasteiger partial charge in [-0.3, -0.25) is 4.79 Å². The van der Waals surface area contributed by atoms with Crippen molar-refractivity contribution < 1.29 is 18.3 Å². The molecule has 3 nitrogen and oxygen atoms in total. The van der Waals surface area contributed by atoms with Crippen LogP contribution in [0.3, 0.4) is 0 Å². The van der Waals surface area contributed by atoms with E-state index in [0.717, 1.165) is 17.3 Å². The number of hydrogen-bond donors (Lipinski definition) is 0. The van der Waals surface area contributed by atoms with Crippen LogP contribution in [0.15, 0.2) is 36.4 Å². The number of nitrogens with zero attached hydrogens (tertiary/aromatic N) is 1. The van der Waals surface area contributed by atoms with E-state index in [1.807, 2.05) is 19.9 Å². The lowest BCUT2D eigenvalue weighted by Gasteiger charge is -2.27. The highest BCUT2D eigenvalue weighted by Gasteiger charge is 2.25. The first kappa shape index (κ1) is 15.6. The minimum absolute atomic E-state index is 0.0246. The smallest absolute Gasteiger partial charge is 0.253 e. The minimum atomic E-state index is -0.630. The molecule has 0 spiro atoms. The molecule has 0 atom stereocenters. The van der Waals surface area contributed by atoms with Gasteiger partial charge in [-0.2, -0.15) is 0 Å². The number of carbonyl (C=O) groups is 1. The van der Waals surface area contributed by atoms with Gasteiger partial charge in [0.25, 0.3) is 5.91 Å². The largest absolute Gasteiger partial charge is 0.367 e. The lowest BCUT2D eigenvalue weighted by molar-refractivity contribution is -0.123. The van der Waals surface area contributed by atoms with Gasteiger partial charge in [-0.05, 0) is 43.2 Å². The van der Waals surface area contributed by atoms with Crippen molar-refractivity contribution in [1.82, 2.24) is 0 Å². The normalized spacial score (nSPS) is 14.8. The van der Waals surface area contributed by atoms with Crippen molar-refractivity contribution in [3.8, 4) is 11.1 Å². The van der Waals surface area contributed by atoms with Crippen LogP contribution in [0.25, 0.3) is 11.1 Å². The topological polar surface area (TPSA) is 29.5 Å². The molecular weight excluding hydrogens is 300 g/mol. The molecule has 0 unspecified atom stereocenters. The predicted molar refractivity (Wildman–Crippen MR) is 84.1 cm³/mol. The van der Waals surface area contributed by atoms with Crippen LogP contribution in [-0.2, 0) is 16.1 Å². The van der Waals surface area contributed by atoms with Crippen LogP contribution in [0.4, 0.5) is 14.5 Å².